The summed E-state index contributed by atoms with van der Waals surface area (Å²) in [6, 6.07) is 6.95. The van der Waals surface area contributed by atoms with Gasteiger partial charge in [-0.2, -0.15) is 0 Å². The van der Waals surface area contributed by atoms with Gasteiger partial charge in [0, 0.05) is 31.6 Å². The summed E-state index contributed by atoms with van der Waals surface area (Å²) in [5.41, 5.74) is 6.62. The molecule has 0 saturated carbocycles. The lowest BCUT2D eigenvalue weighted by Crippen LogP contribution is -2.33. The predicted octanol–water partition coefficient (Wildman–Crippen LogP) is 3.08. The van der Waals surface area contributed by atoms with E-state index in [1.54, 1.807) is 18.3 Å². The molecule has 1 amide bonds. The highest BCUT2D eigenvalue weighted by atomic mass is 35.5. The minimum atomic E-state index is -0.213. The van der Waals surface area contributed by atoms with E-state index in [0.717, 1.165) is 18.7 Å². The van der Waals surface area contributed by atoms with Gasteiger partial charge in [-0.3, -0.25) is 9.69 Å². The molecule has 2 aliphatic rings. The van der Waals surface area contributed by atoms with Crippen molar-refractivity contribution in [2.24, 2.45) is 11.8 Å². The van der Waals surface area contributed by atoms with E-state index in [-0.39, 0.29) is 42.6 Å². The van der Waals surface area contributed by atoms with Gasteiger partial charge in [-0.05, 0) is 30.7 Å². The summed E-state index contributed by atoms with van der Waals surface area (Å²) < 4.78 is 13.6. The van der Waals surface area contributed by atoms with E-state index in [4.69, 9.17) is 5.73 Å². The second-order valence-electron chi connectivity index (χ2n) is 6.64. The van der Waals surface area contributed by atoms with Gasteiger partial charge in [0.25, 0.3) is 5.91 Å². The van der Waals surface area contributed by atoms with Crippen LogP contribution in [0.2, 0.25) is 0 Å². The van der Waals surface area contributed by atoms with Crippen LogP contribution in [0.5, 0.6) is 0 Å². The number of likely N-dealkylation sites (tertiary alicyclic amines) is 2. The van der Waals surface area contributed by atoms with Gasteiger partial charge < -0.3 is 10.6 Å². The number of anilines is 1. The fraction of sp³-hybridized carbons (Fsp3) is 0.412. The topological polar surface area (TPSA) is 62.5 Å². The average molecular weight is 419 g/mol. The number of benzene rings is 1. The van der Waals surface area contributed by atoms with Crippen molar-refractivity contribution in [2.75, 3.05) is 32.4 Å². The molecule has 2 aliphatic heterocycles. The number of thiazole rings is 1. The van der Waals surface area contributed by atoms with Crippen molar-refractivity contribution >= 4 is 47.2 Å². The number of hydrogen-bond donors (Lipinski definition) is 1. The predicted molar refractivity (Wildman–Crippen MR) is 106 cm³/mol. The second kappa shape index (κ2) is 8.08. The van der Waals surface area contributed by atoms with Gasteiger partial charge in [0.2, 0.25) is 0 Å². The quantitative estimate of drug-likeness (QED) is 0.813. The monoisotopic (exact) mass is 418 g/mol. The number of halogens is 3. The zero-order chi connectivity index (χ0) is 16.8. The lowest BCUT2D eigenvalue weighted by Gasteiger charge is -2.26. The van der Waals surface area contributed by atoms with Crippen LogP contribution < -0.4 is 5.73 Å². The standard InChI is InChI=1S/C17H19FN4OS.2ClH/c1-21-7-11-8-22(16(23)14-6-20-17(19)24-14)9-13(11)15(21)10-3-2-4-12(18)5-10;;/h2-6,11,13,15H,7-9H2,1H3,(H2,19,20);2*1H/t11-,13+,15-;;/m0../s1. The Morgan fingerprint density at radius 3 is 2.73 bits per heavy atom. The molecule has 1 aromatic carbocycles. The first-order chi connectivity index (χ1) is 11.5. The van der Waals surface area contributed by atoms with E-state index in [2.05, 4.69) is 16.9 Å². The normalized spacial score (nSPS) is 24.7. The van der Waals surface area contributed by atoms with Gasteiger partial charge in [0.15, 0.2) is 5.13 Å². The highest BCUT2D eigenvalue weighted by Gasteiger charge is 2.47. The number of nitrogens with zero attached hydrogens (tertiary/aromatic N) is 3. The van der Waals surface area contributed by atoms with Crippen molar-refractivity contribution < 1.29 is 9.18 Å². The first-order valence-electron chi connectivity index (χ1n) is 7.99. The molecule has 0 radical (unpaired) electrons. The molecule has 4 rings (SSSR count). The Labute approximate surface area is 168 Å². The lowest BCUT2D eigenvalue weighted by molar-refractivity contribution is 0.0772. The SMILES string of the molecule is CN1C[C@H]2CN(C(=O)c3cnc(N)s3)C[C@H]2[C@@H]1c1cccc(F)c1.Cl.Cl. The van der Waals surface area contributed by atoms with E-state index in [0.29, 0.717) is 28.4 Å². The highest BCUT2D eigenvalue weighted by Crippen LogP contribution is 2.44. The van der Waals surface area contributed by atoms with Crippen molar-refractivity contribution in [3.63, 3.8) is 0 Å². The average Bonchev–Trinajstić information content (AvgIpc) is 3.20. The minimum Gasteiger partial charge on any atom is -0.375 e. The maximum absolute atomic E-state index is 13.6. The van der Waals surface area contributed by atoms with E-state index in [1.165, 1.54) is 17.4 Å². The summed E-state index contributed by atoms with van der Waals surface area (Å²) in [5, 5.41) is 0.412. The number of fused-ring (bicyclic) bond motifs is 1. The number of nitrogens with two attached hydrogens (primary N) is 1. The van der Waals surface area contributed by atoms with Crippen LogP contribution in [-0.2, 0) is 0 Å². The molecular weight excluding hydrogens is 398 g/mol. The van der Waals surface area contributed by atoms with Crippen molar-refractivity contribution in [3.05, 3.63) is 46.7 Å². The zero-order valence-electron chi connectivity index (χ0n) is 14.2. The summed E-state index contributed by atoms with van der Waals surface area (Å²) in [6.45, 7) is 2.34. The Bertz CT molecular complexity index is 790. The van der Waals surface area contributed by atoms with Gasteiger partial charge in [0.05, 0.1) is 6.20 Å². The van der Waals surface area contributed by atoms with Crippen LogP contribution in [0, 0.1) is 17.7 Å². The molecule has 1 aromatic heterocycles. The third-order valence-corrected chi connectivity index (χ3v) is 5.92. The van der Waals surface area contributed by atoms with E-state index < -0.39 is 0 Å². The number of rotatable bonds is 2. The molecule has 2 saturated heterocycles. The molecule has 0 bridgehead atoms. The highest BCUT2D eigenvalue weighted by molar-refractivity contribution is 7.17. The molecule has 3 atom stereocenters. The number of aromatic nitrogens is 1. The number of nitrogen functional groups attached to an aromatic ring is 1. The number of hydrogen-bond acceptors (Lipinski definition) is 5. The molecule has 0 aliphatic carbocycles. The molecule has 26 heavy (non-hydrogen) atoms. The molecule has 5 nitrogen and oxygen atoms in total. The van der Waals surface area contributed by atoms with Gasteiger partial charge in [-0.1, -0.05) is 23.5 Å². The third kappa shape index (κ3) is 3.67. The summed E-state index contributed by atoms with van der Waals surface area (Å²) in [7, 11) is 2.07. The Balaban J connectivity index is 0.00000121. The number of amides is 1. The fourth-order valence-electron chi connectivity index (χ4n) is 4.16. The second-order valence-corrected chi connectivity index (χ2v) is 7.70. The largest absolute Gasteiger partial charge is 0.375 e. The fourth-order valence-corrected chi connectivity index (χ4v) is 4.81. The van der Waals surface area contributed by atoms with Gasteiger partial charge in [-0.25, -0.2) is 9.37 Å². The third-order valence-electron chi connectivity index (χ3n) is 5.11. The molecule has 3 heterocycles. The molecular formula is C17H21Cl2FN4OS. The van der Waals surface area contributed by atoms with Gasteiger partial charge in [0.1, 0.15) is 10.7 Å². The summed E-state index contributed by atoms with van der Waals surface area (Å²) >= 11 is 1.23. The van der Waals surface area contributed by atoms with Crippen molar-refractivity contribution in [1.82, 2.24) is 14.8 Å². The number of carbonyl (C=O) groups excluding carboxylic acids is 1. The number of carbonyl (C=O) groups is 1. The Morgan fingerprint density at radius 1 is 1.31 bits per heavy atom. The van der Waals surface area contributed by atoms with Crippen molar-refractivity contribution in [3.8, 4) is 0 Å². The van der Waals surface area contributed by atoms with Crippen molar-refractivity contribution in [2.45, 2.75) is 6.04 Å². The Hall–Kier alpha value is -1.41. The first-order valence-corrected chi connectivity index (χ1v) is 8.81. The maximum atomic E-state index is 13.6. The van der Waals surface area contributed by atoms with E-state index >= 15 is 0 Å². The lowest BCUT2D eigenvalue weighted by atomic mass is 9.89. The van der Waals surface area contributed by atoms with Gasteiger partial charge in [-0.15, -0.1) is 24.8 Å². The molecule has 0 unspecified atom stereocenters. The minimum absolute atomic E-state index is 0. The van der Waals surface area contributed by atoms with Crippen LogP contribution in [0.1, 0.15) is 21.3 Å². The van der Waals surface area contributed by atoms with Crippen molar-refractivity contribution in [1.29, 1.82) is 0 Å². The molecule has 2 N–H and O–H groups in total. The molecule has 0 spiro atoms. The molecule has 9 heteroatoms. The maximum Gasteiger partial charge on any atom is 0.265 e. The molecule has 142 valence electrons. The Kier molecular flexibility index (Phi) is 6.50. The van der Waals surface area contributed by atoms with E-state index in [9.17, 15) is 9.18 Å². The first kappa shape index (κ1) is 20.9. The van der Waals surface area contributed by atoms with Crippen LogP contribution in [0.25, 0.3) is 0 Å². The summed E-state index contributed by atoms with van der Waals surface area (Å²) in [6.07, 6.45) is 1.55. The molecule has 2 fully saturated rings. The smallest absolute Gasteiger partial charge is 0.265 e. The zero-order valence-corrected chi connectivity index (χ0v) is 16.6. The van der Waals surface area contributed by atoms with Crippen LogP contribution >= 0.6 is 36.2 Å². The van der Waals surface area contributed by atoms with Crippen LogP contribution in [-0.4, -0.2) is 47.4 Å². The van der Waals surface area contributed by atoms with Crippen LogP contribution in [0.4, 0.5) is 9.52 Å². The van der Waals surface area contributed by atoms with Gasteiger partial charge >= 0.3 is 0 Å². The molecule has 2 aromatic rings. The van der Waals surface area contributed by atoms with E-state index in [1.807, 2.05) is 11.0 Å². The van der Waals surface area contributed by atoms with Crippen LogP contribution in [0.15, 0.2) is 30.5 Å². The summed E-state index contributed by atoms with van der Waals surface area (Å²) in [4.78, 5) is 21.4. The Morgan fingerprint density at radius 2 is 2.08 bits per heavy atom. The van der Waals surface area contributed by atoms with Crippen LogP contribution in [0.3, 0.4) is 0 Å². The summed E-state index contributed by atoms with van der Waals surface area (Å²) in [5.74, 6) is 0.526.